The average molecular weight is 327 g/mol. The number of rotatable bonds is 3. The number of nitrogens with zero attached hydrogens (tertiary/aromatic N) is 1. The molecule has 1 aliphatic rings. The monoisotopic (exact) mass is 326 g/mol. The number of hydrogen-bond acceptors (Lipinski definition) is 3. The molecular formula is C14H19BrN2O2. The minimum Gasteiger partial charge on any atom is -0.376 e. The molecule has 1 fully saturated rings. The maximum atomic E-state index is 11.1. The first kappa shape index (κ1) is 14.3. The summed E-state index contributed by atoms with van der Waals surface area (Å²) in [5.41, 5.74) is 0.764. The lowest BCUT2D eigenvalue weighted by Gasteiger charge is -2.33. The van der Waals surface area contributed by atoms with E-state index in [1.807, 2.05) is 6.07 Å². The number of halogens is 1. The smallest absolute Gasteiger partial charge is 0.293 e. The van der Waals surface area contributed by atoms with Gasteiger partial charge in [-0.15, -0.1) is 0 Å². The van der Waals surface area contributed by atoms with Crippen molar-refractivity contribution in [2.45, 2.75) is 39.2 Å². The Morgan fingerprint density at radius 2 is 2.11 bits per heavy atom. The van der Waals surface area contributed by atoms with E-state index in [4.69, 9.17) is 0 Å². The quantitative estimate of drug-likeness (QED) is 0.652. The second kappa shape index (κ2) is 5.90. The third-order valence-corrected chi connectivity index (χ3v) is 4.42. The minimum absolute atomic E-state index is 0.139. The van der Waals surface area contributed by atoms with Gasteiger partial charge in [0.15, 0.2) is 0 Å². The SMILES string of the molecule is CC1CCC(Nc2ccc(Br)cc2[N+](=O)[O-])C(C)C1. The lowest BCUT2D eigenvalue weighted by molar-refractivity contribution is -0.384. The van der Waals surface area contributed by atoms with Gasteiger partial charge in [0, 0.05) is 16.6 Å². The highest BCUT2D eigenvalue weighted by molar-refractivity contribution is 9.10. The van der Waals surface area contributed by atoms with Gasteiger partial charge in [-0.05, 0) is 43.2 Å². The Bertz CT molecular complexity index is 479. The fraction of sp³-hybridized carbons (Fsp3) is 0.571. The van der Waals surface area contributed by atoms with Crippen LogP contribution in [0.1, 0.15) is 33.1 Å². The summed E-state index contributed by atoms with van der Waals surface area (Å²) in [6.45, 7) is 4.49. The lowest BCUT2D eigenvalue weighted by Crippen LogP contribution is -2.33. The van der Waals surface area contributed by atoms with Gasteiger partial charge in [0.05, 0.1) is 4.92 Å². The molecule has 0 radical (unpaired) electrons. The Morgan fingerprint density at radius 1 is 1.37 bits per heavy atom. The normalized spacial score (nSPS) is 27.0. The zero-order valence-corrected chi connectivity index (χ0v) is 12.8. The highest BCUT2D eigenvalue weighted by Gasteiger charge is 2.27. The molecular weight excluding hydrogens is 308 g/mol. The molecule has 1 aromatic rings. The molecule has 3 atom stereocenters. The van der Waals surface area contributed by atoms with E-state index in [9.17, 15) is 10.1 Å². The van der Waals surface area contributed by atoms with Gasteiger partial charge in [0.25, 0.3) is 5.69 Å². The van der Waals surface area contributed by atoms with E-state index in [-0.39, 0.29) is 10.6 Å². The predicted molar refractivity (Wildman–Crippen MR) is 80.4 cm³/mol. The van der Waals surface area contributed by atoms with E-state index in [0.29, 0.717) is 17.6 Å². The molecule has 1 saturated carbocycles. The first-order chi connectivity index (χ1) is 8.97. The van der Waals surface area contributed by atoms with Gasteiger partial charge < -0.3 is 5.32 Å². The summed E-state index contributed by atoms with van der Waals surface area (Å²) in [4.78, 5) is 10.8. The number of anilines is 1. The van der Waals surface area contributed by atoms with Crippen molar-refractivity contribution in [1.29, 1.82) is 0 Å². The zero-order valence-electron chi connectivity index (χ0n) is 11.2. The largest absolute Gasteiger partial charge is 0.376 e. The highest BCUT2D eigenvalue weighted by Crippen LogP contribution is 2.34. The zero-order chi connectivity index (χ0) is 14.0. The van der Waals surface area contributed by atoms with Gasteiger partial charge in [-0.1, -0.05) is 29.8 Å². The Morgan fingerprint density at radius 3 is 2.74 bits per heavy atom. The summed E-state index contributed by atoms with van der Waals surface area (Å²) in [6.07, 6.45) is 3.45. The molecule has 5 heteroatoms. The summed E-state index contributed by atoms with van der Waals surface area (Å²) >= 11 is 3.28. The Kier molecular flexibility index (Phi) is 4.45. The molecule has 1 N–H and O–H groups in total. The van der Waals surface area contributed by atoms with Crippen molar-refractivity contribution >= 4 is 27.3 Å². The number of nitrogens with one attached hydrogen (secondary N) is 1. The molecule has 19 heavy (non-hydrogen) atoms. The van der Waals surface area contributed by atoms with E-state index in [1.54, 1.807) is 12.1 Å². The van der Waals surface area contributed by atoms with Crippen LogP contribution in [-0.2, 0) is 0 Å². The Hall–Kier alpha value is -1.10. The summed E-state index contributed by atoms with van der Waals surface area (Å²) in [5, 5.41) is 14.5. The van der Waals surface area contributed by atoms with Crippen molar-refractivity contribution in [2.75, 3.05) is 5.32 Å². The molecule has 0 aromatic heterocycles. The summed E-state index contributed by atoms with van der Waals surface area (Å²) in [6, 6.07) is 5.51. The third-order valence-electron chi connectivity index (χ3n) is 3.93. The maximum absolute atomic E-state index is 11.1. The maximum Gasteiger partial charge on any atom is 0.293 e. The van der Waals surface area contributed by atoms with Crippen molar-refractivity contribution in [3.05, 3.63) is 32.8 Å². The number of nitro benzene ring substituents is 1. The van der Waals surface area contributed by atoms with Crippen LogP contribution < -0.4 is 5.32 Å². The van der Waals surface area contributed by atoms with E-state index in [0.717, 1.165) is 16.8 Å². The van der Waals surface area contributed by atoms with Crippen molar-refractivity contribution in [3.63, 3.8) is 0 Å². The van der Waals surface area contributed by atoms with Crippen LogP contribution in [0.2, 0.25) is 0 Å². The van der Waals surface area contributed by atoms with Crippen LogP contribution in [-0.4, -0.2) is 11.0 Å². The topological polar surface area (TPSA) is 55.2 Å². The Balaban J connectivity index is 2.17. The third kappa shape index (κ3) is 3.47. The second-order valence-corrected chi connectivity index (χ2v) is 6.48. The van der Waals surface area contributed by atoms with Crippen molar-refractivity contribution < 1.29 is 4.92 Å². The van der Waals surface area contributed by atoms with Gasteiger partial charge in [0.1, 0.15) is 5.69 Å². The summed E-state index contributed by atoms with van der Waals surface area (Å²) in [7, 11) is 0. The van der Waals surface area contributed by atoms with Gasteiger partial charge in [-0.2, -0.15) is 0 Å². The molecule has 0 saturated heterocycles. The Labute approximate surface area is 121 Å². The van der Waals surface area contributed by atoms with Gasteiger partial charge in [0.2, 0.25) is 0 Å². The van der Waals surface area contributed by atoms with Crippen LogP contribution in [0.25, 0.3) is 0 Å². The van der Waals surface area contributed by atoms with E-state index < -0.39 is 0 Å². The predicted octanol–water partition coefficient (Wildman–Crippen LogP) is 4.59. The highest BCUT2D eigenvalue weighted by atomic mass is 79.9. The summed E-state index contributed by atoms with van der Waals surface area (Å²) < 4.78 is 0.732. The second-order valence-electron chi connectivity index (χ2n) is 5.56. The van der Waals surface area contributed by atoms with Crippen LogP contribution in [0.3, 0.4) is 0 Å². The lowest BCUT2D eigenvalue weighted by atomic mass is 9.80. The van der Waals surface area contributed by atoms with E-state index >= 15 is 0 Å². The van der Waals surface area contributed by atoms with Crippen LogP contribution in [0, 0.1) is 22.0 Å². The van der Waals surface area contributed by atoms with E-state index in [2.05, 4.69) is 35.1 Å². The summed E-state index contributed by atoms with van der Waals surface area (Å²) in [5.74, 6) is 1.31. The molecule has 0 amide bonds. The van der Waals surface area contributed by atoms with Crippen LogP contribution >= 0.6 is 15.9 Å². The number of benzene rings is 1. The molecule has 0 bridgehead atoms. The van der Waals surface area contributed by atoms with Crippen molar-refractivity contribution in [2.24, 2.45) is 11.8 Å². The first-order valence-corrected chi connectivity index (χ1v) is 7.47. The molecule has 4 nitrogen and oxygen atoms in total. The van der Waals surface area contributed by atoms with Crippen LogP contribution in [0.15, 0.2) is 22.7 Å². The average Bonchev–Trinajstić information content (AvgIpc) is 2.34. The van der Waals surface area contributed by atoms with Crippen molar-refractivity contribution in [3.8, 4) is 0 Å². The van der Waals surface area contributed by atoms with Gasteiger partial charge >= 0.3 is 0 Å². The molecule has 2 rings (SSSR count). The number of nitro groups is 1. The first-order valence-electron chi connectivity index (χ1n) is 6.68. The fourth-order valence-electron chi connectivity index (χ4n) is 2.86. The van der Waals surface area contributed by atoms with Crippen LogP contribution in [0.4, 0.5) is 11.4 Å². The molecule has 0 spiro atoms. The van der Waals surface area contributed by atoms with Crippen LogP contribution in [0.5, 0.6) is 0 Å². The molecule has 0 heterocycles. The van der Waals surface area contributed by atoms with Crippen molar-refractivity contribution in [1.82, 2.24) is 0 Å². The fourth-order valence-corrected chi connectivity index (χ4v) is 3.21. The minimum atomic E-state index is -0.330. The molecule has 104 valence electrons. The molecule has 1 aliphatic carbocycles. The molecule has 3 unspecified atom stereocenters. The molecule has 1 aromatic carbocycles. The standard InChI is InChI=1S/C14H19BrN2O2/c1-9-3-5-12(10(2)7-9)16-13-6-4-11(15)8-14(13)17(18)19/h4,6,8-10,12,16H,3,5,7H2,1-2H3. The van der Waals surface area contributed by atoms with E-state index in [1.165, 1.54) is 12.8 Å². The molecule has 0 aliphatic heterocycles. The number of hydrogen-bond donors (Lipinski definition) is 1. The van der Waals surface area contributed by atoms with Gasteiger partial charge in [-0.25, -0.2) is 0 Å². The van der Waals surface area contributed by atoms with Gasteiger partial charge in [-0.3, -0.25) is 10.1 Å².